The van der Waals surface area contributed by atoms with Gasteiger partial charge in [-0.05, 0) is 37.8 Å². The summed E-state index contributed by atoms with van der Waals surface area (Å²) in [4.78, 5) is 24.6. The number of hydrogen-bond acceptors (Lipinski definition) is 4. The molecular formula is C20H18N2O3S. The van der Waals surface area contributed by atoms with Gasteiger partial charge < -0.3 is 10.4 Å². The van der Waals surface area contributed by atoms with Crippen LogP contribution in [0.25, 0.3) is 6.08 Å². The van der Waals surface area contributed by atoms with Gasteiger partial charge in [-0.1, -0.05) is 29.8 Å². The number of carboxylic acids is 1. The maximum Gasteiger partial charge on any atom is 0.311 e. The summed E-state index contributed by atoms with van der Waals surface area (Å²) in [6.45, 7) is 1.99. The van der Waals surface area contributed by atoms with Crippen LogP contribution in [-0.4, -0.2) is 17.0 Å². The lowest BCUT2D eigenvalue weighted by Crippen LogP contribution is -2.17. The molecule has 6 heteroatoms. The van der Waals surface area contributed by atoms with Crippen LogP contribution < -0.4 is 5.32 Å². The highest BCUT2D eigenvalue weighted by molar-refractivity contribution is 7.16. The van der Waals surface area contributed by atoms with E-state index in [9.17, 15) is 20.0 Å². The molecular weight excluding hydrogens is 348 g/mol. The largest absolute Gasteiger partial charge is 0.481 e. The minimum absolute atomic E-state index is 0.286. The predicted molar refractivity (Wildman–Crippen MR) is 101 cm³/mol. The number of carboxylic acid groups (broad SMARTS) is 1. The lowest BCUT2D eigenvalue weighted by Gasteiger charge is -2.18. The Morgan fingerprint density at radius 2 is 2.08 bits per heavy atom. The number of carbonyl (C=O) groups excluding carboxylic acids is 1. The molecule has 132 valence electrons. The molecule has 0 bridgehead atoms. The minimum atomic E-state index is -0.919. The highest BCUT2D eigenvalue weighted by Crippen LogP contribution is 2.43. The Morgan fingerprint density at radius 3 is 2.73 bits per heavy atom. The SMILES string of the molecule is Cc1ccc(/C=C/C(=O)Nc2sc3c(c2C#N)C(C(=O)O)CCC3)cc1. The van der Waals surface area contributed by atoms with Gasteiger partial charge in [0.15, 0.2) is 0 Å². The zero-order chi connectivity index (χ0) is 18.7. The molecule has 26 heavy (non-hydrogen) atoms. The Hall–Kier alpha value is -2.91. The summed E-state index contributed by atoms with van der Waals surface area (Å²) in [5.41, 5.74) is 2.91. The smallest absolute Gasteiger partial charge is 0.311 e. The minimum Gasteiger partial charge on any atom is -0.481 e. The van der Waals surface area contributed by atoms with Crippen LogP contribution in [0.3, 0.4) is 0 Å². The van der Waals surface area contributed by atoms with Crippen LogP contribution in [-0.2, 0) is 16.0 Å². The molecule has 0 radical (unpaired) electrons. The Balaban J connectivity index is 1.82. The standard InChI is InChI=1S/C20H18N2O3S/c1-12-5-7-13(8-6-12)9-10-17(23)22-19-15(11-21)18-14(20(24)25)3-2-4-16(18)26-19/h5-10,14H,2-4H2,1H3,(H,22,23)(H,24,25)/b10-9+. The first-order chi connectivity index (χ1) is 12.5. The highest BCUT2D eigenvalue weighted by atomic mass is 32.1. The van der Waals surface area contributed by atoms with Crippen molar-refractivity contribution in [2.45, 2.75) is 32.1 Å². The summed E-state index contributed by atoms with van der Waals surface area (Å²) in [5, 5.41) is 22.1. The Labute approximate surface area is 155 Å². The van der Waals surface area contributed by atoms with Gasteiger partial charge in [0.05, 0.1) is 11.5 Å². The number of thiophene rings is 1. The number of hydrogen-bond donors (Lipinski definition) is 2. The van der Waals surface area contributed by atoms with Crippen LogP contribution in [0.4, 0.5) is 5.00 Å². The third-order valence-electron chi connectivity index (χ3n) is 4.42. The number of amides is 1. The van der Waals surface area contributed by atoms with E-state index in [0.29, 0.717) is 17.0 Å². The number of carbonyl (C=O) groups is 2. The third-order valence-corrected chi connectivity index (χ3v) is 5.60. The Kier molecular flexibility index (Phi) is 5.19. The molecule has 1 aromatic heterocycles. The zero-order valence-corrected chi connectivity index (χ0v) is 15.1. The topological polar surface area (TPSA) is 90.2 Å². The molecule has 5 nitrogen and oxygen atoms in total. The van der Waals surface area contributed by atoms with Gasteiger partial charge in [0.2, 0.25) is 5.91 Å². The van der Waals surface area contributed by atoms with E-state index >= 15 is 0 Å². The van der Waals surface area contributed by atoms with E-state index in [-0.39, 0.29) is 11.5 Å². The molecule has 0 aliphatic heterocycles. The molecule has 1 aliphatic carbocycles. The summed E-state index contributed by atoms with van der Waals surface area (Å²) in [6.07, 6.45) is 5.16. The van der Waals surface area contributed by atoms with Gasteiger partial charge in [-0.2, -0.15) is 5.26 Å². The third kappa shape index (κ3) is 3.68. The van der Waals surface area contributed by atoms with Gasteiger partial charge in [-0.25, -0.2) is 0 Å². The van der Waals surface area contributed by atoms with E-state index in [1.807, 2.05) is 31.2 Å². The van der Waals surface area contributed by atoms with Crippen molar-refractivity contribution in [1.29, 1.82) is 5.26 Å². The lowest BCUT2D eigenvalue weighted by molar-refractivity contribution is -0.139. The van der Waals surface area contributed by atoms with Gasteiger partial charge >= 0.3 is 5.97 Å². The number of benzene rings is 1. The summed E-state index contributed by atoms with van der Waals surface area (Å²) in [7, 11) is 0. The van der Waals surface area contributed by atoms with Crippen LogP contribution in [0.5, 0.6) is 0 Å². The van der Waals surface area contributed by atoms with Gasteiger partial charge in [-0.3, -0.25) is 9.59 Å². The Morgan fingerprint density at radius 1 is 1.35 bits per heavy atom. The summed E-state index contributed by atoms with van der Waals surface area (Å²) < 4.78 is 0. The number of rotatable bonds is 4. The van der Waals surface area contributed by atoms with Crippen LogP contribution in [0.1, 0.15) is 45.9 Å². The molecule has 2 aromatic rings. The van der Waals surface area contributed by atoms with Gasteiger partial charge in [0, 0.05) is 16.5 Å². The average Bonchev–Trinajstić information content (AvgIpc) is 2.97. The van der Waals surface area contributed by atoms with E-state index < -0.39 is 11.9 Å². The molecule has 1 unspecified atom stereocenters. The zero-order valence-electron chi connectivity index (χ0n) is 14.3. The molecule has 0 saturated heterocycles. The molecule has 1 amide bonds. The van der Waals surface area contributed by atoms with Crippen LogP contribution in [0.2, 0.25) is 0 Å². The van der Waals surface area contributed by atoms with Gasteiger partial charge in [0.25, 0.3) is 0 Å². The second-order valence-corrected chi connectivity index (χ2v) is 7.38. The van der Waals surface area contributed by atoms with Crippen molar-refractivity contribution >= 4 is 34.3 Å². The molecule has 1 atom stereocenters. The van der Waals surface area contributed by atoms with E-state index in [1.54, 1.807) is 6.08 Å². The number of fused-ring (bicyclic) bond motifs is 1. The lowest BCUT2D eigenvalue weighted by atomic mass is 9.85. The molecule has 0 saturated carbocycles. The molecule has 2 N–H and O–H groups in total. The van der Waals surface area contributed by atoms with Gasteiger partial charge in [-0.15, -0.1) is 11.3 Å². The fourth-order valence-electron chi connectivity index (χ4n) is 3.11. The number of aliphatic carboxylic acids is 1. The highest BCUT2D eigenvalue weighted by Gasteiger charge is 2.32. The van der Waals surface area contributed by atoms with Crippen molar-refractivity contribution in [1.82, 2.24) is 0 Å². The summed E-state index contributed by atoms with van der Waals surface area (Å²) in [5.74, 6) is -1.93. The van der Waals surface area contributed by atoms with Crippen LogP contribution in [0.15, 0.2) is 30.3 Å². The second-order valence-electron chi connectivity index (χ2n) is 6.27. The van der Waals surface area contributed by atoms with E-state index in [1.165, 1.54) is 17.4 Å². The summed E-state index contributed by atoms with van der Waals surface area (Å²) in [6, 6.07) is 9.84. The Bertz CT molecular complexity index is 920. The maximum absolute atomic E-state index is 12.2. The number of nitrogens with one attached hydrogen (secondary N) is 1. The first-order valence-corrected chi connectivity index (χ1v) is 9.15. The molecule has 1 heterocycles. The van der Waals surface area contributed by atoms with Crippen molar-refractivity contribution in [2.75, 3.05) is 5.32 Å². The van der Waals surface area contributed by atoms with Crippen molar-refractivity contribution in [3.8, 4) is 6.07 Å². The molecule has 3 rings (SSSR count). The first kappa shape index (κ1) is 17.9. The number of nitrogens with zero attached hydrogens (tertiary/aromatic N) is 1. The quantitative estimate of drug-likeness (QED) is 0.798. The monoisotopic (exact) mass is 366 g/mol. The first-order valence-electron chi connectivity index (χ1n) is 8.33. The summed E-state index contributed by atoms with van der Waals surface area (Å²) >= 11 is 1.31. The average molecular weight is 366 g/mol. The van der Waals surface area contributed by atoms with Crippen molar-refractivity contribution in [2.24, 2.45) is 0 Å². The van der Waals surface area contributed by atoms with Crippen molar-refractivity contribution in [3.05, 3.63) is 57.5 Å². The fourth-order valence-corrected chi connectivity index (χ4v) is 4.36. The van der Waals surface area contributed by atoms with Crippen LogP contribution in [0, 0.1) is 18.3 Å². The fraction of sp³-hybridized carbons (Fsp3) is 0.250. The van der Waals surface area contributed by atoms with E-state index in [0.717, 1.165) is 28.8 Å². The van der Waals surface area contributed by atoms with Crippen LogP contribution >= 0.6 is 11.3 Å². The number of nitriles is 1. The normalized spacial score (nSPS) is 16.1. The molecule has 1 aliphatic rings. The molecule has 0 spiro atoms. The maximum atomic E-state index is 12.2. The van der Waals surface area contributed by atoms with E-state index in [4.69, 9.17) is 0 Å². The van der Waals surface area contributed by atoms with Gasteiger partial charge in [0.1, 0.15) is 11.1 Å². The molecule has 1 aromatic carbocycles. The second kappa shape index (κ2) is 7.54. The number of aryl methyl sites for hydroxylation is 2. The molecule has 0 fully saturated rings. The van der Waals surface area contributed by atoms with Crippen molar-refractivity contribution < 1.29 is 14.7 Å². The van der Waals surface area contributed by atoms with E-state index in [2.05, 4.69) is 11.4 Å². The number of anilines is 1. The van der Waals surface area contributed by atoms with Crippen molar-refractivity contribution in [3.63, 3.8) is 0 Å². The predicted octanol–water partition coefficient (Wildman–Crippen LogP) is 4.08.